The van der Waals surface area contributed by atoms with E-state index in [0.717, 1.165) is 48.8 Å². The van der Waals surface area contributed by atoms with Crippen molar-refractivity contribution in [2.75, 3.05) is 16.9 Å². The number of rotatable bonds is 6. The fourth-order valence-corrected chi connectivity index (χ4v) is 5.29. The Kier molecular flexibility index (Phi) is 7.33. The molecule has 1 aliphatic carbocycles. The number of Topliss-reactive ketones (excluding diaryl/α,β-unsaturated/α-hetero) is 1. The Morgan fingerprint density at radius 3 is 2.44 bits per heavy atom. The minimum Gasteiger partial charge on any atom is -0.317 e. The fourth-order valence-electron chi connectivity index (χ4n) is 3.46. The summed E-state index contributed by atoms with van der Waals surface area (Å²) < 4.78 is 23.3. The average Bonchev–Trinajstić information content (AvgIpc) is 3.37. The molecular formula is C20H23ClN4O5S2. The van der Waals surface area contributed by atoms with Crippen LogP contribution in [0.4, 0.5) is 10.8 Å². The summed E-state index contributed by atoms with van der Waals surface area (Å²) in [4.78, 5) is 41.7. The standard InChI is InChI=1S/C20H23ClN4O5S2/c1-10-7-8-13(12(9-10)15(26)11-5-3-4-6-11)23-18(27)19(28)25-20-24-14(16(21)31-20)17(22)32(2,29)30/h7-9,11,17H,3-6,22H2,1-2H3,(H,23,27)(H,24,25,28). The van der Waals surface area contributed by atoms with E-state index in [0.29, 0.717) is 5.56 Å². The van der Waals surface area contributed by atoms with Crippen LogP contribution in [0.25, 0.3) is 0 Å². The van der Waals surface area contributed by atoms with Crippen LogP contribution in [0.5, 0.6) is 0 Å². The lowest BCUT2D eigenvalue weighted by Gasteiger charge is -2.14. The third-order valence-electron chi connectivity index (χ3n) is 5.18. The monoisotopic (exact) mass is 498 g/mol. The molecule has 0 radical (unpaired) electrons. The van der Waals surface area contributed by atoms with Gasteiger partial charge in [0, 0.05) is 17.7 Å². The lowest BCUT2D eigenvalue weighted by atomic mass is 9.94. The van der Waals surface area contributed by atoms with Crippen molar-refractivity contribution in [1.29, 1.82) is 0 Å². The first-order valence-electron chi connectivity index (χ1n) is 9.85. The summed E-state index contributed by atoms with van der Waals surface area (Å²) in [5, 5.41) is 3.23. The van der Waals surface area contributed by atoms with Gasteiger partial charge in [-0.15, -0.1) is 0 Å². The summed E-state index contributed by atoms with van der Waals surface area (Å²) in [6.45, 7) is 1.84. The predicted octanol–water partition coefficient (Wildman–Crippen LogP) is 3.06. The molecular weight excluding hydrogens is 476 g/mol. The van der Waals surface area contributed by atoms with Gasteiger partial charge >= 0.3 is 11.8 Å². The molecule has 1 saturated carbocycles. The molecule has 1 heterocycles. The third-order valence-corrected chi connectivity index (χ3v) is 7.53. The van der Waals surface area contributed by atoms with E-state index in [9.17, 15) is 22.8 Å². The summed E-state index contributed by atoms with van der Waals surface area (Å²) in [5.74, 6) is -2.19. The topological polar surface area (TPSA) is 148 Å². The summed E-state index contributed by atoms with van der Waals surface area (Å²) >= 11 is 6.77. The van der Waals surface area contributed by atoms with Crippen molar-refractivity contribution in [3.63, 3.8) is 0 Å². The van der Waals surface area contributed by atoms with E-state index in [4.69, 9.17) is 17.3 Å². The lowest BCUT2D eigenvalue weighted by Crippen LogP contribution is -2.30. The van der Waals surface area contributed by atoms with Crippen molar-refractivity contribution in [3.8, 4) is 0 Å². The smallest absolute Gasteiger partial charge is 0.315 e. The second kappa shape index (κ2) is 9.65. The SMILES string of the molecule is Cc1ccc(NC(=O)C(=O)Nc2nc(C(N)S(C)(=O)=O)c(Cl)s2)c(C(=O)C2CCCC2)c1. The number of hydrogen-bond acceptors (Lipinski definition) is 8. The molecule has 0 saturated heterocycles. The molecule has 1 aromatic carbocycles. The molecule has 32 heavy (non-hydrogen) atoms. The minimum absolute atomic E-state index is 0.0124. The normalized spacial score (nSPS) is 15.4. The summed E-state index contributed by atoms with van der Waals surface area (Å²) in [6.07, 6.45) is 4.54. The molecule has 3 rings (SSSR count). The predicted molar refractivity (Wildman–Crippen MR) is 124 cm³/mol. The lowest BCUT2D eigenvalue weighted by molar-refractivity contribution is -0.133. The number of benzene rings is 1. The van der Waals surface area contributed by atoms with Gasteiger partial charge in [-0.2, -0.15) is 0 Å². The van der Waals surface area contributed by atoms with E-state index in [1.807, 2.05) is 6.92 Å². The van der Waals surface area contributed by atoms with Crippen molar-refractivity contribution < 1.29 is 22.8 Å². The molecule has 0 bridgehead atoms. The van der Waals surface area contributed by atoms with Crippen LogP contribution in [0.3, 0.4) is 0 Å². The maximum absolute atomic E-state index is 12.9. The number of halogens is 1. The number of sulfone groups is 1. The Labute approximate surface area is 194 Å². The number of ketones is 1. The van der Waals surface area contributed by atoms with Crippen LogP contribution in [0, 0.1) is 12.8 Å². The third kappa shape index (κ3) is 5.52. The van der Waals surface area contributed by atoms with Crippen LogP contribution >= 0.6 is 22.9 Å². The number of nitrogens with zero attached hydrogens (tertiary/aromatic N) is 1. The van der Waals surface area contributed by atoms with Crippen LogP contribution in [0.2, 0.25) is 4.34 Å². The second-order valence-electron chi connectivity index (χ2n) is 7.73. The fraction of sp³-hybridized carbons (Fsp3) is 0.400. The number of aromatic nitrogens is 1. The Balaban J connectivity index is 1.74. The number of thiazole rings is 1. The molecule has 9 nitrogen and oxygen atoms in total. The van der Waals surface area contributed by atoms with Crippen LogP contribution in [-0.4, -0.2) is 37.3 Å². The summed E-state index contributed by atoms with van der Waals surface area (Å²) in [7, 11) is -3.66. The van der Waals surface area contributed by atoms with Gasteiger partial charge in [0.25, 0.3) is 0 Å². The second-order valence-corrected chi connectivity index (χ2v) is 11.5. The molecule has 2 aromatic rings. The van der Waals surface area contributed by atoms with Crippen molar-refractivity contribution in [2.45, 2.75) is 38.0 Å². The Hall–Kier alpha value is -2.34. The first kappa shape index (κ1) is 24.3. The highest BCUT2D eigenvalue weighted by Gasteiger charge is 2.28. The first-order chi connectivity index (χ1) is 15.0. The average molecular weight is 499 g/mol. The number of aryl methyl sites for hydroxylation is 1. The minimum atomic E-state index is -3.66. The molecule has 1 aliphatic rings. The van der Waals surface area contributed by atoms with E-state index in [-0.39, 0.29) is 32.6 Å². The van der Waals surface area contributed by atoms with Crippen LogP contribution in [-0.2, 0) is 19.4 Å². The molecule has 1 unspecified atom stereocenters. The number of hydrogen-bond donors (Lipinski definition) is 3. The number of amides is 2. The number of nitrogens with two attached hydrogens (primary N) is 1. The van der Waals surface area contributed by atoms with Gasteiger partial charge in [-0.25, -0.2) is 13.4 Å². The zero-order chi connectivity index (χ0) is 23.6. The maximum Gasteiger partial charge on any atom is 0.315 e. The highest BCUT2D eigenvalue weighted by atomic mass is 35.5. The summed E-state index contributed by atoms with van der Waals surface area (Å²) in [5.41, 5.74) is 7.01. The van der Waals surface area contributed by atoms with E-state index in [1.165, 1.54) is 0 Å². The summed E-state index contributed by atoms with van der Waals surface area (Å²) in [6, 6.07) is 5.03. The molecule has 12 heteroatoms. The molecule has 0 aliphatic heterocycles. The Morgan fingerprint density at radius 1 is 1.19 bits per heavy atom. The van der Waals surface area contributed by atoms with Crippen LogP contribution < -0.4 is 16.4 Å². The van der Waals surface area contributed by atoms with Gasteiger partial charge in [0.2, 0.25) is 0 Å². The number of carbonyl (C=O) groups is 3. The van der Waals surface area contributed by atoms with E-state index >= 15 is 0 Å². The zero-order valence-electron chi connectivity index (χ0n) is 17.5. The van der Waals surface area contributed by atoms with E-state index < -0.39 is 27.0 Å². The Morgan fingerprint density at radius 2 is 1.81 bits per heavy atom. The van der Waals surface area contributed by atoms with E-state index in [1.54, 1.807) is 18.2 Å². The number of anilines is 2. The zero-order valence-corrected chi connectivity index (χ0v) is 19.9. The van der Waals surface area contributed by atoms with Crippen molar-refractivity contribution in [1.82, 2.24) is 4.98 Å². The first-order valence-corrected chi connectivity index (χ1v) is 13.0. The van der Waals surface area contributed by atoms with Crippen molar-refractivity contribution >= 4 is 61.2 Å². The van der Waals surface area contributed by atoms with Crippen molar-refractivity contribution in [3.05, 3.63) is 39.4 Å². The molecule has 1 fully saturated rings. The Bertz CT molecular complexity index is 1170. The van der Waals surface area contributed by atoms with Gasteiger partial charge in [-0.05, 0) is 31.9 Å². The van der Waals surface area contributed by atoms with Gasteiger partial charge in [-0.1, -0.05) is 47.4 Å². The molecule has 172 valence electrons. The van der Waals surface area contributed by atoms with Gasteiger partial charge in [0.05, 0.1) is 5.69 Å². The maximum atomic E-state index is 12.9. The quantitative estimate of drug-likeness (QED) is 0.409. The number of nitrogens with one attached hydrogen (secondary N) is 2. The van der Waals surface area contributed by atoms with Crippen molar-refractivity contribution in [2.24, 2.45) is 11.7 Å². The van der Waals surface area contributed by atoms with Gasteiger partial charge < -0.3 is 11.1 Å². The number of carbonyl (C=O) groups excluding carboxylic acids is 3. The molecule has 4 N–H and O–H groups in total. The van der Waals surface area contributed by atoms with Gasteiger partial charge in [0.15, 0.2) is 26.1 Å². The highest BCUT2D eigenvalue weighted by Crippen LogP contribution is 2.33. The molecule has 1 aromatic heterocycles. The molecule has 2 amide bonds. The molecule has 1 atom stereocenters. The van der Waals surface area contributed by atoms with Crippen LogP contribution in [0.1, 0.15) is 52.7 Å². The van der Waals surface area contributed by atoms with E-state index in [2.05, 4.69) is 15.6 Å². The van der Waals surface area contributed by atoms with Gasteiger partial charge in [0.1, 0.15) is 10.0 Å². The van der Waals surface area contributed by atoms with Gasteiger partial charge in [-0.3, -0.25) is 19.7 Å². The molecule has 0 spiro atoms. The van der Waals surface area contributed by atoms with Crippen LogP contribution in [0.15, 0.2) is 18.2 Å². The highest BCUT2D eigenvalue weighted by molar-refractivity contribution is 7.90. The largest absolute Gasteiger partial charge is 0.317 e.